The fraction of sp³-hybridized carbons (Fsp3) is 0.515. The number of Topliss-reactive ketones (excluding diaryl/α,β-unsaturated/α-hetero) is 1. The number of aromatic nitrogens is 1. The van der Waals surface area contributed by atoms with Crippen molar-refractivity contribution in [2.24, 2.45) is 11.8 Å². The number of carbonyl (C=O) groups excluding carboxylic acids is 2. The number of nitrogens with one attached hydrogen (secondary N) is 2. The second-order valence-electron chi connectivity index (χ2n) is 12.3. The second kappa shape index (κ2) is 13.3. The van der Waals surface area contributed by atoms with Crippen molar-refractivity contribution in [3.8, 4) is 0 Å². The molecule has 44 heavy (non-hydrogen) atoms. The van der Waals surface area contributed by atoms with Gasteiger partial charge in [-0.3, -0.25) is 9.59 Å². The second-order valence-corrected chi connectivity index (χ2v) is 12.3. The first-order chi connectivity index (χ1) is 20.8. The third-order valence-corrected chi connectivity index (χ3v) is 9.01. The van der Waals surface area contributed by atoms with E-state index in [2.05, 4.69) is 15.2 Å². The maximum Gasteiger partial charge on any atom is 0.416 e. The number of benzene rings is 2. The van der Waals surface area contributed by atoms with E-state index in [0.717, 1.165) is 36.1 Å². The van der Waals surface area contributed by atoms with Gasteiger partial charge >= 0.3 is 12.4 Å². The van der Waals surface area contributed by atoms with Gasteiger partial charge in [-0.25, -0.2) is 0 Å². The Morgan fingerprint density at radius 3 is 2.11 bits per heavy atom. The van der Waals surface area contributed by atoms with E-state index < -0.39 is 35.3 Å². The van der Waals surface area contributed by atoms with Crippen LogP contribution >= 0.6 is 0 Å². The quantitative estimate of drug-likeness (QED) is 0.220. The molecule has 2 aromatic carbocycles. The van der Waals surface area contributed by atoms with E-state index in [-0.39, 0.29) is 43.2 Å². The lowest BCUT2D eigenvalue weighted by molar-refractivity contribution is -0.143. The number of rotatable bonds is 11. The van der Waals surface area contributed by atoms with Gasteiger partial charge in [0.15, 0.2) is 5.78 Å². The van der Waals surface area contributed by atoms with Crippen LogP contribution in [0.3, 0.4) is 0 Å². The topological polar surface area (TPSA) is 65.2 Å². The minimum absolute atomic E-state index is 0.0712. The van der Waals surface area contributed by atoms with Crippen molar-refractivity contribution in [2.45, 2.75) is 76.2 Å². The fourth-order valence-corrected chi connectivity index (χ4v) is 6.68. The average molecular weight is 622 g/mol. The summed E-state index contributed by atoms with van der Waals surface area (Å²) in [5, 5.41) is 3.69. The van der Waals surface area contributed by atoms with Gasteiger partial charge in [0.25, 0.3) is 0 Å². The molecule has 0 radical (unpaired) electrons. The highest BCUT2D eigenvalue weighted by Gasteiger charge is 2.37. The number of amides is 1. The molecule has 0 spiro atoms. The number of nitrogens with zero attached hydrogens (tertiary/aromatic N) is 1. The zero-order chi connectivity index (χ0) is 31.5. The van der Waals surface area contributed by atoms with Crippen LogP contribution in [-0.4, -0.2) is 47.3 Å². The molecular formula is C33H37F6N3O2. The number of ketones is 1. The van der Waals surface area contributed by atoms with Crippen LogP contribution in [0, 0.1) is 11.8 Å². The zero-order valence-corrected chi connectivity index (χ0v) is 24.4. The summed E-state index contributed by atoms with van der Waals surface area (Å²) in [5.74, 6) is 0.660. The number of hydrogen-bond acceptors (Lipinski definition) is 3. The highest BCUT2D eigenvalue weighted by molar-refractivity contribution is 5.91. The summed E-state index contributed by atoms with van der Waals surface area (Å²) >= 11 is 0. The monoisotopic (exact) mass is 621 g/mol. The first-order valence-corrected chi connectivity index (χ1v) is 15.2. The van der Waals surface area contributed by atoms with E-state index in [9.17, 15) is 35.9 Å². The third-order valence-electron chi connectivity index (χ3n) is 9.01. The lowest BCUT2D eigenvalue weighted by atomic mass is 9.84. The highest BCUT2D eigenvalue weighted by atomic mass is 19.4. The molecule has 11 heteroatoms. The molecule has 1 unspecified atom stereocenters. The Bertz CT molecular complexity index is 1410. The van der Waals surface area contributed by atoms with Crippen LogP contribution in [0.1, 0.15) is 67.2 Å². The molecule has 1 saturated carbocycles. The predicted octanol–water partition coefficient (Wildman–Crippen LogP) is 7.34. The van der Waals surface area contributed by atoms with Crippen LogP contribution in [0.15, 0.2) is 48.7 Å². The normalized spacial score (nSPS) is 20.0. The smallest absolute Gasteiger partial charge is 0.361 e. The van der Waals surface area contributed by atoms with Crippen molar-refractivity contribution < 1.29 is 35.9 Å². The van der Waals surface area contributed by atoms with E-state index in [1.807, 2.05) is 24.3 Å². The molecule has 1 atom stereocenters. The van der Waals surface area contributed by atoms with Gasteiger partial charge in [0.2, 0.25) is 5.91 Å². The molecule has 3 fully saturated rings. The van der Waals surface area contributed by atoms with Crippen LogP contribution in [0.5, 0.6) is 0 Å². The van der Waals surface area contributed by atoms with Gasteiger partial charge in [0.05, 0.1) is 17.2 Å². The lowest BCUT2D eigenvalue weighted by Crippen LogP contribution is -2.42. The Morgan fingerprint density at radius 2 is 1.50 bits per heavy atom. The number of carbonyl (C=O) groups is 2. The largest absolute Gasteiger partial charge is 0.416 e. The van der Waals surface area contributed by atoms with Gasteiger partial charge in [-0.05, 0) is 92.3 Å². The summed E-state index contributed by atoms with van der Waals surface area (Å²) in [6, 6.07) is 7.82. The Hall–Kier alpha value is -3.34. The Balaban J connectivity index is 1.26. The number of H-pyrrole nitrogens is 1. The van der Waals surface area contributed by atoms with Gasteiger partial charge in [0.1, 0.15) is 0 Å². The van der Waals surface area contributed by atoms with Crippen molar-refractivity contribution >= 4 is 22.6 Å². The minimum Gasteiger partial charge on any atom is -0.361 e. The Kier molecular flexibility index (Phi) is 9.72. The molecule has 238 valence electrons. The number of alkyl halides is 6. The van der Waals surface area contributed by atoms with Crippen LogP contribution in [0.25, 0.3) is 10.9 Å². The standard InChI is InChI=1S/C33H37F6N3O2/c34-32(35,36)25-14-23(15-26(17-25)33(37,38)39)11-12-30(43)29(16-24-18-40-28-5-2-1-4-27(24)28)41-31(44)6-3-13-42-19-21-7-8-22(20-42)10-9-21/h1-2,4-5,14-15,17-18,21-22,29,40H,3,6-13,16,19-20H2,(H,41,44). The predicted molar refractivity (Wildman–Crippen MR) is 155 cm³/mol. The van der Waals surface area contributed by atoms with E-state index in [1.165, 1.54) is 25.7 Å². The summed E-state index contributed by atoms with van der Waals surface area (Å²) in [4.78, 5) is 32.0. The summed E-state index contributed by atoms with van der Waals surface area (Å²) in [6.07, 6.45) is -2.84. The molecule has 2 saturated heterocycles. The molecule has 1 aliphatic carbocycles. The van der Waals surface area contributed by atoms with Crippen molar-refractivity contribution in [3.05, 3.63) is 70.9 Å². The number of halogens is 6. The number of hydrogen-bond donors (Lipinski definition) is 2. The lowest BCUT2D eigenvalue weighted by Gasteiger charge is -2.22. The fourth-order valence-electron chi connectivity index (χ4n) is 6.68. The maximum absolute atomic E-state index is 13.4. The van der Waals surface area contributed by atoms with Gasteiger partial charge in [0, 0.05) is 49.5 Å². The molecule has 1 aromatic heterocycles. The van der Waals surface area contributed by atoms with Crippen LogP contribution in [0.4, 0.5) is 26.3 Å². The number of aryl methyl sites for hydroxylation is 1. The van der Waals surface area contributed by atoms with Gasteiger partial charge in [-0.2, -0.15) is 26.3 Å². The first kappa shape index (κ1) is 32.1. The number of para-hydroxylation sites is 1. The molecular weight excluding hydrogens is 584 g/mol. The summed E-state index contributed by atoms with van der Waals surface area (Å²) < 4.78 is 80.0. The molecule has 3 aromatic rings. The highest BCUT2D eigenvalue weighted by Crippen LogP contribution is 2.37. The van der Waals surface area contributed by atoms with E-state index in [1.54, 1.807) is 6.20 Å². The summed E-state index contributed by atoms with van der Waals surface area (Å²) in [5.41, 5.74) is -1.47. The summed E-state index contributed by atoms with van der Waals surface area (Å²) in [7, 11) is 0. The third kappa shape index (κ3) is 8.22. The molecule has 6 rings (SSSR count). The number of fused-ring (bicyclic) bond motifs is 5. The maximum atomic E-state index is 13.4. The molecule has 3 heterocycles. The van der Waals surface area contributed by atoms with Crippen LogP contribution in [0.2, 0.25) is 0 Å². The first-order valence-electron chi connectivity index (χ1n) is 15.2. The summed E-state index contributed by atoms with van der Waals surface area (Å²) in [6.45, 7) is 2.88. The molecule has 5 nitrogen and oxygen atoms in total. The van der Waals surface area contributed by atoms with Gasteiger partial charge in [-0.15, -0.1) is 0 Å². The molecule has 2 N–H and O–H groups in total. The van der Waals surface area contributed by atoms with Crippen LogP contribution < -0.4 is 5.32 Å². The van der Waals surface area contributed by atoms with Crippen LogP contribution in [-0.2, 0) is 34.8 Å². The minimum atomic E-state index is -4.97. The van der Waals surface area contributed by atoms with Crippen molar-refractivity contribution in [2.75, 3.05) is 19.6 Å². The SMILES string of the molecule is O=C(CCCN1CC2CCC(CC2)C1)NC(Cc1c[nH]c2ccccc12)C(=O)CCc1cc(C(F)(F)F)cc(C(F)(F)F)c1. The van der Waals surface area contributed by atoms with E-state index in [4.69, 9.17) is 0 Å². The molecule has 2 bridgehead atoms. The Labute approximate surface area is 252 Å². The average Bonchev–Trinajstić information content (AvgIpc) is 3.14. The molecule has 1 amide bonds. The van der Waals surface area contributed by atoms with E-state index in [0.29, 0.717) is 30.4 Å². The van der Waals surface area contributed by atoms with E-state index >= 15 is 0 Å². The zero-order valence-electron chi connectivity index (χ0n) is 24.4. The Morgan fingerprint density at radius 1 is 0.886 bits per heavy atom. The van der Waals surface area contributed by atoms with Crippen molar-refractivity contribution in [3.63, 3.8) is 0 Å². The van der Waals surface area contributed by atoms with Crippen molar-refractivity contribution in [1.82, 2.24) is 15.2 Å². The molecule has 3 aliphatic rings. The van der Waals surface area contributed by atoms with Gasteiger partial charge in [-0.1, -0.05) is 18.2 Å². The number of aromatic amines is 1. The van der Waals surface area contributed by atoms with Crippen molar-refractivity contribution in [1.29, 1.82) is 0 Å². The molecule has 2 aliphatic heterocycles. The van der Waals surface area contributed by atoms with Gasteiger partial charge < -0.3 is 15.2 Å².